The Kier molecular flexibility index (Phi) is 3.79. The zero-order chi connectivity index (χ0) is 17.4. The van der Waals surface area contributed by atoms with Crippen LogP contribution >= 0.6 is 11.5 Å². The lowest BCUT2D eigenvalue weighted by atomic mass is 10.0. The van der Waals surface area contributed by atoms with E-state index in [1.807, 2.05) is 16.3 Å². The molecule has 1 aliphatic heterocycles. The molecule has 1 N–H and O–H groups in total. The minimum atomic E-state index is -4.37. The fourth-order valence-corrected chi connectivity index (χ4v) is 3.15. The topological polar surface area (TPSA) is 53.9 Å². The van der Waals surface area contributed by atoms with Gasteiger partial charge < -0.3 is 10.2 Å². The lowest BCUT2D eigenvalue weighted by molar-refractivity contribution is -0.137. The zero-order valence-electron chi connectivity index (χ0n) is 12.8. The van der Waals surface area contributed by atoms with Crippen LogP contribution in [0.25, 0.3) is 11.1 Å². The summed E-state index contributed by atoms with van der Waals surface area (Å²) in [5, 5.41) is 9.06. The van der Waals surface area contributed by atoms with Gasteiger partial charge in [-0.2, -0.15) is 13.2 Å². The molecule has 1 aliphatic rings. The standard InChI is InChI=1S/C16H12F3N5S/c17-16(18,19)12-3-1-2-10(4-12)11-5-14-15(20-6-11)21-9-24(14)7-13-8-25-23-22-13/h1-6,8H,7,9H2,(H,20,21). The molecule has 3 aromatic rings. The molecule has 0 bridgehead atoms. The summed E-state index contributed by atoms with van der Waals surface area (Å²) in [6.07, 6.45) is -2.79. The number of hydrogen-bond acceptors (Lipinski definition) is 6. The molecule has 9 heteroatoms. The van der Waals surface area contributed by atoms with Crippen molar-refractivity contribution in [2.45, 2.75) is 12.7 Å². The third kappa shape index (κ3) is 3.14. The molecule has 2 aromatic heterocycles. The van der Waals surface area contributed by atoms with Crippen LogP contribution in [0.2, 0.25) is 0 Å². The van der Waals surface area contributed by atoms with E-state index in [1.165, 1.54) is 17.6 Å². The molecule has 0 aliphatic carbocycles. The summed E-state index contributed by atoms with van der Waals surface area (Å²) in [4.78, 5) is 6.36. The Morgan fingerprint density at radius 1 is 1.20 bits per heavy atom. The van der Waals surface area contributed by atoms with Crippen molar-refractivity contribution in [3.63, 3.8) is 0 Å². The van der Waals surface area contributed by atoms with Crippen molar-refractivity contribution in [3.05, 3.63) is 53.2 Å². The first-order valence-electron chi connectivity index (χ1n) is 7.43. The molecule has 128 valence electrons. The van der Waals surface area contributed by atoms with Gasteiger partial charge in [0, 0.05) is 17.1 Å². The van der Waals surface area contributed by atoms with Crippen LogP contribution in [0.4, 0.5) is 24.7 Å². The van der Waals surface area contributed by atoms with Crippen molar-refractivity contribution in [1.29, 1.82) is 0 Å². The number of benzene rings is 1. The van der Waals surface area contributed by atoms with Gasteiger partial charge in [-0.3, -0.25) is 0 Å². The number of fused-ring (bicyclic) bond motifs is 1. The molecule has 0 unspecified atom stereocenters. The highest BCUT2D eigenvalue weighted by atomic mass is 32.1. The van der Waals surface area contributed by atoms with E-state index in [0.29, 0.717) is 30.2 Å². The molecule has 4 rings (SSSR count). The van der Waals surface area contributed by atoms with E-state index in [-0.39, 0.29) is 0 Å². The van der Waals surface area contributed by atoms with Crippen LogP contribution in [0, 0.1) is 0 Å². The average molecular weight is 363 g/mol. The Balaban J connectivity index is 1.67. The summed E-state index contributed by atoms with van der Waals surface area (Å²) in [6.45, 7) is 1.12. The van der Waals surface area contributed by atoms with Gasteiger partial charge in [-0.15, -0.1) is 5.10 Å². The number of aromatic nitrogens is 3. The Hall–Kier alpha value is -2.68. The molecule has 0 spiro atoms. The fraction of sp³-hybridized carbons (Fsp3) is 0.188. The van der Waals surface area contributed by atoms with Gasteiger partial charge in [-0.25, -0.2) is 4.98 Å². The summed E-state index contributed by atoms with van der Waals surface area (Å²) in [6, 6.07) is 7.10. The highest BCUT2D eigenvalue weighted by molar-refractivity contribution is 7.03. The summed E-state index contributed by atoms with van der Waals surface area (Å²) >= 11 is 1.28. The monoisotopic (exact) mass is 363 g/mol. The van der Waals surface area contributed by atoms with Crippen LogP contribution in [-0.2, 0) is 12.7 Å². The minimum Gasteiger partial charge on any atom is -0.351 e. The molecule has 25 heavy (non-hydrogen) atoms. The molecular weight excluding hydrogens is 351 g/mol. The maximum absolute atomic E-state index is 12.9. The van der Waals surface area contributed by atoms with Gasteiger partial charge in [0.1, 0.15) is 0 Å². The predicted octanol–water partition coefficient (Wildman–Crippen LogP) is 4.01. The number of hydrogen-bond donors (Lipinski definition) is 1. The summed E-state index contributed by atoms with van der Waals surface area (Å²) in [5.74, 6) is 0.707. The number of pyridine rings is 1. The molecule has 0 amide bonds. The second kappa shape index (κ2) is 5.99. The second-order valence-electron chi connectivity index (χ2n) is 5.60. The molecule has 5 nitrogen and oxygen atoms in total. The highest BCUT2D eigenvalue weighted by Crippen LogP contribution is 2.36. The van der Waals surface area contributed by atoms with Crippen molar-refractivity contribution in [3.8, 4) is 11.1 Å². The van der Waals surface area contributed by atoms with Crippen LogP contribution in [-0.4, -0.2) is 21.2 Å². The molecular formula is C16H12F3N5S. The number of nitrogens with one attached hydrogen (secondary N) is 1. The maximum atomic E-state index is 12.9. The van der Waals surface area contributed by atoms with E-state index in [0.717, 1.165) is 23.5 Å². The van der Waals surface area contributed by atoms with Gasteiger partial charge in [0.05, 0.1) is 30.2 Å². The van der Waals surface area contributed by atoms with Gasteiger partial charge in [-0.1, -0.05) is 16.6 Å². The van der Waals surface area contributed by atoms with Gasteiger partial charge in [-0.05, 0) is 35.3 Å². The van der Waals surface area contributed by atoms with E-state index in [9.17, 15) is 13.2 Å². The lowest BCUT2D eigenvalue weighted by Gasteiger charge is -2.16. The smallest absolute Gasteiger partial charge is 0.351 e. The van der Waals surface area contributed by atoms with Gasteiger partial charge in [0.2, 0.25) is 0 Å². The van der Waals surface area contributed by atoms with E-state index in [1.54, 1.807) is 12.3 Å². The van der Waals surface area contributed by atoms with Gasteiger partial charge in [0.25, 0.3) is 0 Å². The molecule has 0 radical (unpaired) electrons. The minimum absolute atomic E-state index is 0.479. The number of anilines is 2. The van der Waals surface area contributed by atoms with E-state index < -0.39 is 11.7 Å². The Bertz CT molecular complexity index is 895. The summed E-state index contributed by atoms with van der Waals surface area (Å²) in [7, 11) is 0. The van der Waals surface area contributed by atoms with Crippen LogP contribution in [0.1, 0.15) is 11.3 Å². The van der Waals surface area contributed by atoms with Crippen molar-refractivity contribution in [2.75, 3.05) is 16.9 Å². The molecule has 1 aromatic carbocycles. The Labute approximate surface area is 145 Å². The SMILES string of the molecule is FC(F)(F)c1cccc(-c2cnc3c(c2)N(Cc2csnn2)CN3)c1. The number of nitrogens with zero attached hydrogens (tertiary/aromatic N) is 4. The fourth-order valence-electron chi connectivity index (χ4n) is 2.71. The van der Waals surface area contributed by atoms with Crippen LogP contribution in [0.15, 0.2) is 41.9 Å². The maximum Gasteiger partial charge on any atom is 0.416 e. The molecule has 0 saturated heterocycles. The van der Waals surface area contributed by atoms with Crippen molar-refractivity contribution >= 4 is 23.0 Å². The quantitative estimate of drug-likeness (QED) is 0.762. The third-order valence-corrected chi connectivity index (χ3v) is 4.48. The van der Waals surface area contributed by atoms with Crippen LogP contribution in [0.5, 0.6) is 0 Å². The molecule has 0 atom stereocenters. The van der Waals surface area contributed by atoms with E-state index >= 15 is 0 Å². The third-order valence-electron chi connectivity index (χ3n) is 3.93. The number of alkyl halides is 3. The summed E-state index contributed by atoms with van der Waals surface area (Å²) < 4.78 is 42.6. The number of rotatable bonds is 3. The van der Waals surface area contributed by atoms with Crippen molar-refractivity contribution in [2.24, 2.45) is 0 Å². The van der Waals surface area contributed by atoms with Gasteiger partial charge in [0.15, 0.2) is 5.82 Å². The van der Waals surface area contributed by atoms with Crippen molar-refractivity contribution < 1.29 is 13.2 Å². The molecule has 0 saturated carbocycles. The Morgan fingerprint density at radius 3 is 2.84 bits per heavy atom. The lowest BCUT2D eigenvalue weighted by Crippen LogP contribution is -2.22. The largest absolute Gasteiger partial charge is 0.416 e. The first kappa shape index (κ1) is 15.8. The molecule has 3 heterocycles. The first-order chi connectivity index (χ1) is 12.0. The van der Waals surface area contributed by atoms with E-state index in [4.69, 9.17) is 0 Å². The van der Waals surface area contributed by atoms with Crippen LogP contribution < -0.4 is 10.2 Å². The van der Waals surface area contributed by atoms with Gasteiger partial charge >= 0.3 is 6.18 Å². The number of halogens is 3. The average Bonchev–Trinajstić information content (AvgIpc) is 3.24. The summed E-state index contributed by atoms with van der Waals surface area (Å²) in [5.41, 5.74) is 2.11. The van der Waals surface area contributed by atoms with E-state index in [2.05, 4.69) is 19.9 Å². The highest BCUT2D eigenvalue weighted by Gasteiger charge is 2.30. The normalized spacial score (nSPS) is 13.6. The zero-order valence-corrected chi connectivity index (χ0v) is 13.6. The second-order valence-corrected chi connectivity index (χ2v) is 6.21. The Morgan fingerprint density at radius 2 is 2.08 bits per heavy atom. The van der Waals surface area contributed by atoms with Crippen LogP contribution in [0.3, 0.4) is 0 Å². The van der Waals surface area contributed by atoms with Crippen molar-refractivity contribution in [1.82, 2.24) is 14.6 Å². The molecule has 0 fully saturated rings. The predicted molar refractivity (Wildman–Crippen MR) is 89.3 cm³/mol. The first-order valence-corrected chi connectivity index (χ1v) is 8.27.